The van der Waals surface area contributed by atoms with Crippen molar-refractivity contribution in [2.45, 2.75) is 125 Å². The van der Waals surface area contributed by atoms with Crippen LogP contribution in [0, 0.1) is 39.4 Å². The van der Waals surface area contributed by atoms with Gasteiger partial charge in [0, 0.05) is 0 Å². The van der Waals surface area contributed by atoms with Crippen molar-refractivity contribution in [2.75, 3.05) is 0 Å². The second-order valence-corrected chi connectivity index (χ2v) is 14.1. The lowest BCUT2D eigenvalue weighted by Gasteiger charge is -2.59. The molecule has 3 fully saturated rings. The van der Waals surface area contributed by atoms with E-state index in [1.54, 1.807) is 5.57 Å². The maximum absolute atomic E-state index is 10.8. The van der Waals surface area contributed by atoms with Gasteiger partial charge in [0.1, 0.15) is 0 Å². The Kier molecular flexibility index (Phi) is 5.90. The molecule has 0 aliphatic heterocycles. The van der Waals surface area contributed by atoms with E-state index in [2.05, 4.69) is 55.0 Å². The summed E-state index contributed by atoms with van der Waals surface area (Å²) >= 11 is 0. The van der Waals surface area contributed by atoms with E-state index in [1.165, 1.54) is 56.9 Å². The summed E-state index contributed by atoms with van der Waals surface area (Å²) in [5.41, 5.74) is 6.39. The fourth-order valence-electron chi connectivity index (χ4n) is 8.86. The summed E-state index contributed by atoms with van der Waals surface area (Å²) < 4.78 is 0. The minimum atomic E-state index is -0.147. The molecule has 3 saturated carbocycles. The third kappa shape index (κ3) is 3.89. The second-order valence-electron chi connectivity index (χ2n) is 14.1. The van der Waals surface area contributed by atoms with Crippen molar-refractivity contribution < 1.29 is 5.11 Å². The van der Waals surface area contributed by atoms with Crippen LogP contribution in [-0.4, -0.2) is 11.2 Å². The average Bonchev–Trinajstić information content (AvgIpc) is 2.67. The Morgan fingerprint density at radius 2 is 1.65 bits per heavy atom. The number of aliphatic hydroxyl groups excluding tert-OH is 1. The fourth-order valence-corrected chi connectivity index (χ4v) is 8.86. The molecule has 0 spiro atoms. The Hall–Kier alpha value is -0.560. The summed E-state index contributed by atoms with van der Waals surface area (Å²) in [5, 5.41) is 10.8. The fraction of sp³-hybridized carbons (Fsp3) is 0.867. The number of hydrogen-bond donors (Lipinski definition) is 1. The first-order valence-electron chi connectivity index (χ1n) is 13.3. The van der Waals surface area contributed by atoms with Crippen LogP contribution >= 0.6 is 0 Å². The summed E-state index contributed by atoms with van der Waals surface area (Å²) in [5.74, 6) is 2.01. The number of fused-ring (bicyclic) bond motifs is 2. The van der Waals surface area contributed by atoms with Crippen LogP contribution in [0.2, 0.25) is 0 Å². The van der Waals surface area contributed by atoms with Crippen molar-refractivity contribution >= 4 is 0 Å². The molecule has 4 aliphatic rings. The molecule has 0 unspecified atom stereocenters. The van der Waals surface area contributed by atoms with Crippen molar-refractivity contribution in [2.24, 2.45) is 39.4 Å². The van der Waals surface area contributed by atoms with E-state index >= 15 is 0 Å². The number of hydrogen-bond acceptors (Lipinski definition) is 1. The average molecular weight is 427 g/mol. The van der Waals surface area contributed by atoms with Gasteiger partial charge in [-0.25, -0.2) is 0 Å². The van der Waals surface area contributed by atoms with E-state index in [1.807, 2.05) is 5.57 Å². The first kappa shape index (κ1) is 23.6. The highest BCUT2D eigenvalue weighted by Gasteiger charge is 2.56. The molecular formula is C30H50O. The van der Waals surface area contributed by atoms with Gasteiger partial charge in [-0.2, -0.15) is 0 Å². The van der Waals surface area contributed by atoms with Gasteiger partial charge in [-0.15, -0.1) is 0 Å². The van der Waals surface area contributed by atoms with E-state index in [0.717, 1.165) is 25.2 Å². The first-order chi connectivity index (χ1) is 14.3. The van der Waals surface area contributed by atoms with Gasteiger partial charge in [0.05, 0.1) is 6.10 Å². The van der Waals surface area contributed by atoms with Gasteiger partial charge in [-0.05, 0) is 117 Å². The number of aliphatic hydroxyl groups is 1. The summed E-state index contributed by atoms with van der Waals surface area (Å²) in [6.07, 6.45) is 13.8. The van der Waals surface area contributed by atoms with Gasteiger partial charge in [0.2, 0.25) is 0 Å². The molecule has 176 valence electrons. The molecular weight excluding hydrogens is 376 g/mol. The Balaban J connectivity index is 1.58. The summed E-state index contributed by atoms with van der Waals surface area (Å²) in [7, 11) is 0. The molecule has 0 bridgehead atoms. The molecule has 0 aromatic heterocycles. The van der Waals surface area contributed by atoms with Gasteiger partial charge >= 0.3 is 0 Å². The molecule has 0 saturated heterocycles. The normalized spacial score (nSPS) is 44.6. The van der Waals surface area contributed by atoms with Crippen LogP contribution < -0.4 is 0 Å². The van der Waals surface area contributed by atoms with Crippen LogP contribution in [0.4, 0.5) is 0 Å². The van der Waals surface area contributed by atoms with Crippen LogP contribution in [-0.2, 0) is 0 Å². The van der Waals surface area contributed by atoms with Crippen LogP contribution in [0.5, 0.6) is 0 Å². The lowest BCUT2D eigenvalue weighted by Crippen LogP contribution is -2.54. The summed E-state index contributed by atoms with van der Waals surface area (Å²) in [4.78, 5) is 0. The molecule has 0 amide bonds. The number of allylic oxidation sites excluding steroid dienone is 3. The van der Waals surface area contributed by atoms with E-state index in [9.17, 15) is 5.11 Å². The van der Waals surface area contributed by atoms with Crippen LogP contribution in [0.3, 0.4) is 0 Å². The maximum atomic E-state index is 10.8. The van der Waals surface area contributed by atoms with Crippen molar-refractivity contribution in [1.29, 1.82) is 0 Å². The van der Waals surface area contributed by atoms with E-state index < -0.39 is 0 Å². The zero-order valence-electron chi connectivity index (χ0n) is 21.7. The van der Waals surface area contributed by atoms with Crippen LogP contribution in [0.25, 0.3) is 0 Å². The van der Waals surface area contributed by atoms with Crippen molar-refractivity contribution in [3.05, 3.63) is 23.3 Å². The maximum Gasteiger partial charge on any atom is 0.0594 e. The molecule has 1 nitrogen and oxygen atoms in total. The van der Waals surface area contributed by atoms with Crippen LogP contribution in [0.15, 0.2) is 23.3 Å². The van der Waals surface area contributed by atoms with Crippen molar-refractivity contribution in [3.63, 3.8) is 0 Å². The Bertz CT molecular complexity index is 754. The van der Waals surface area contributed by atoms with Crippen LogP contribution in [0.1, 0.15) is 119 Å². The standard InChI is InChI=1S/C30H50O/c1-20-13-15-29(7)18-17-27(3,4)19-24(29)22(20)10-11-23-21(2)9-12-25-28(5,6)26(31)14-16-30(23,25)8/h23-26,31H,2,9-19H2,1,3-8H3/t23-,24-,25-,26-,29-,30+/m0/s1. The summed E-state index contributed by atoms with van der Waals surface area (Å²) in [6, 6.07) is 0. The first-order valence-corrected chi connectivity index (χ1v) is 13.3. The highest BCUT2D eigenvalue weighted by atomic mass is 16.3. The number of rotatable bonds is 3. The molecule has 31 heavy (non-hydrogen) atoms. The SMILES string of the molecule is C=C1CC[C@H]2C(C)(C)[C@@H](O)CC[C@]2(C)[C@H]1CCC1=C(C)CC[C@@]2(C)CCC(C)(C)C[C@@H]12. The lowest BCUT2D eigenvalue weighted by atomic mass is 9.46. The zero-order valence-corrected chi connectivity index (χ0v) is 21.7. The molecule has 0 radical (unpaired) electrons. The van der Waals surface area contributed by atoms with E-state index in [0.29, 0.717) is 28.1 Å². The molecule has 4 rings (SSSR count). The smallest absolute Gasteiger partial charge is 0.0594 e. The van der Waals surface area contributed by atoms with Gasteiger partial charge in [-0.1, -0.05) is 64.8 Å². The Morgan fingerprint density at radius 3 is 2.35 bits per heavy atom. The third-order valence-electron chi connectivity index (χ3n) is 11.3. The molecule has 0 aromatic rings. The molecule has 4 aliphatic carbocycles. The van der Waals surface area contributed by atoms with E-state index in [-0.39, 0.29) is 11.5 Å². The minimum Gasteiger partial charge on any atom is -0.393 e. The topological polar surface area (TPSA) is 20.2 Å². The largest absolute Gasteiger partial charge is 0.393 e. The quantitative estimate of drug-likeness (QED) is 0.449. The highest BCUT2D eigenvalue weighted by molar-refractivity contribution is 5.25. The van der Waals surface area contributed by atoms with Gasteiger partial charge in [0.15, 0.2) is 0 Å². The molecule has 0 heterocycles. The van der Waals surface area contributed by atoms with E-state index in [4.69, 9.17) is 0 Å². The predicted octanol–water partition coefficient (Wildman–Crippen LogP) is 8.48. The monoisotopic (exact) mass is 426 g/mol. The molecule has 6 atom stereocenters. The third-order valence-corrected chi connectivity index (χ3v) is 11.3. The lowest BCUT2D eigenvalue weighted by molar-refractivity contribution is -0.125. The summed E-state index contributed by atoms with van der Waals surface area (Å²) in [6.45, 7) is 21.9. The zero-order chi connectivity index (χ0) is 22.8. The molecule has 1 heteroatoms. The minimum absolute atomic E-state index is 0.0257. The molecule has 1 N–H and O–H groups in total. The molecule has 0 aromatic carbocycles. The van der Waals surface area contributed by atoms with Gasteiger partial charge in [-0.3, -0.25) is 0 Å². The van der Waals surface area contributed by atoms with Crippen molar-refractivity contribution in [1.82, 2.24) is 0 Å². The predicted molar refractivity (Wildman–Crippen MR) is 133 cm³/mol. The Morgan fingerprint density at radius 1 is 0.935 bits per heavy atom. The van der Waals surface area contributed by atoms with Crippen molar-refractivity contribution in [3.8, 4) is 0 Å². The van der Waals surface area contributed by atoms with Gasteiger partial charge < -0.3 is 5.11 Å². The highest BCUT2D eigenvalue weighted by Crippen LogP contribution is 2.63. The Labute approximate surface area is 193 Å². The van der Waals surface area contributed by atoms with Gasteiger partial charge in [0.25, 0.3) is 0 Å². The second kappa shape index (κ2) is 7.75.